The van der Waals surface area contributed by atoms with Crippen molar-refractivity contribution in [2.75, 3.05) is 12.4 Å². The smallest absolute Gasteiger partial charge is 0.249 e. The number of carbonyl (C=O) groups is 2. The van der Waals surface area contributed by atoms with Gasteiger partial charge in [0.1, 0.15) is 5.75 Å². The fourth-order valence-corrected chi connectivity index (χ4v) is 2.42. The summed E-state index contributed by atoms with van der Waals surface area (Å²) in [6.45, 7) is 1.90. The SMILES string of the molecule is COc1ccc(CCC(=O)C(C#N)C(=O)Nc2cccc(C)c2)cc1. The molecule has 5 heteroatoms. The highest BCUT2D eigenvalue weighted by molar-refractivity contribution is 6.09. The van der Waals surface area contributed by atoms with E-state index in [-0.39, 0.29) is 12.2 Å². The molecule has 0 spiro atoms. The maximum absolute atomic E-state index is 12.3. The van der Waals surface area contributed by atoms with E-state index in [1.165, 1.54) is 0 Å². The second-order valence-corrected chi connectivity index (χ2v) is 5.74. The van der Waals surface area contributed by atoms with Crippen LogP contribution in [0.15, 0.2) is 48.5 Å². The molecule has 0 heterocycles. The van der Waals surface area contributed by atoms with Crippen LogP contribution in [0.2, 0.25) is 0 Å². The van der Waals surface area contributed by atoms with Crippen molar-refractivity contribution in [1.82, 2.24) is 0 Å². The molecule has 128 valence electrons. The minimum Gasteiger partial charge on any atom is -0.497 e. The molecular weight excluding hydrogens is 316 g/mol. The summed E-state index contributed by atoms with van der Waals surface area (Å²) in [5, 5.41) is 11.8. The number of hydrogen-bond acceptors (Lipinski definition) is 4. The first-order chi connectivity index (χ1) is 12.0. The Hall–Kier alpha value is -3.13. The zero-order valence-corrected chi connectivity index (χ0v) is 14.3. The Bertz CT molecular complexity index is 791. The number of nitrogens with one attached hydrogen (secondary N) is 1. The number of nitriles is 1. The van der Waals surface area contributed by atoms with Crippen LogP contribution in [0, 0.1) is 24.2 Å². The van der Waals surface area contributed by atoms with Crippen LogP contribution in [-0.4, -0.2) is 18.8 Å². The minimum atomic E-state index is -1.31. The third-order valence-electron chi connectivity index (χ3n) is 3.82. The van der Waals surface area contributed by atoms with Gasteiger partial charge in [0.2, 0.25) is 5.91 Å². The van der Waals surface area contributed by atoms with Gasteiger partial charge in [0.15, 0.2) is 11.7 Å². The van der Waals surface area contributed by atoms with Gasteiger partial charge >= 0.3 is 0 Å². The molecule has 0 aromatic heterocycles. The second kappa shape index (κ2) is 8.65. The summed E-state index contributed by atoms with van der Waals surface area (Å²) >= 11 is 0. The highest BCUT2D eigenvalue weighted by atomic mass is 16.5. The Morgan fingerprint density at radius 2 is 1.92 bits per heavy atom. The Labute approximate surface area is 147 Å². The Kier molecular flexibility index (Phi) is 6.30. The van der Waals surface area contributed by atoms with Crippen LogP contribution in [0.4, 0.5) is 5.69 Å². The average molecular weight is 336 g/mol. The molecule has 0 bridgehead atoms. The van der Waals surface area contributed by atoms with E-state index >= 15 is 0 Å². The number of ketones is 1. The summed E-state index contributed by atoms with van der Waals surface area (Å²) in [6.07, 6.45) is 0.602. The average Bonchev–Trinajstić information content (AvgIpc) is 2.61. The fourth-order valence-electron chi connectivity index (χ4n) is 2.42. The quantitative estimate of drug-likeness (QED) is 0.787. The molecule has 0 aliphatic rings. The zero-order chi connectivity index (χ0) is 18.2. The molecule has 1 N–H and O–H groups in total. The number of benzene rings is 2. The van der Waals surface area contributed by atoms with E-state index in [9.17, 15) is 14.9 Å². The molecule has 0 radical (unpaired) electrons. The molecule has 2 rings (SSSR count). The van der Waals surface area contributed by atoms with Crippen LogP contribution in [-0.2, 0) is 16.0 Å². The van der Waals surface area contributed by atoms with E-state index in [2.05, 4.69) is 5.32 Å². The lowest BCUT2D eigenvalue weighted by atomic mass is 9.98. The lowest BCUT2D eigenvalue weighted by Crippen LogP contribution is -2.28. The molecule has 0 fully saturated rings. The Morgan fingerprint density at radius 1 is 1.20 bits per heavy atom. The predicted molar refractivity (Wildman–Crippen MR) is 95.2 cm³/mol. The summed E-state index contributed by atoms with van der Waals surface area (Å²) in [5.41, 5.74) is 2.51. The number of amides is 1. The summed E-state index contributed by atoms with van der Waals surface area (Å²) < 4.78 is 5.08. The first-order valence-corrected chi connectivity index (χ1v) is 7.96. The molecule has 5 nitrogen and oxygen atoms in total. The molecule has 0 saturated heterocycles. The Balaban J connectivity index is 1.95. The first-order valence-electron chi connectivity index (χ1n) is 7.96. The second-order valence-electron chi connectivity index (χ2n) is 5.74. The van der Waals surface area contributed by atoms with Crippen molar-refractivity contribution in [2.24, 2.45) is 5.92 Å². The third kappa shape index (κ3) is 5.18. The van der Waals surface area contributed by atoms with Crippen molar-refractivity contribution in [3.05, 3.63) is 59.7 Å². The molecule has 2 aromatic carbocycles. The number of hydrogen-bond donors (Lipinski definition) is 1. The van der Waals surface area contributed by atoms with Crippen LogP contribution < -0.4 is 10.1 Å². The molecule has 0 aliphatic heterocycles. The predicted octanol–water partition coefficient (Wildman–Crippen LogP) is 3.28. The van der Waals surface area contributed by atoms with Crippen LogP contribution >= 0.6 is 0 Å². The van der Waals surface area contributed by atoms with Crippen molar-refractivity contribution in [2.45, 2.75) is 19.8 Å². The lowest BCUT2D eigenvalue weighted by Gasteiger charge is -2.10. The highest BCUT2D eigenvalue weighted by Crippen LogP contribution is 2.15. The Morgan fingerprint density at radius 3 is 2.52 bits per heavy atom. The van der Waals surface area contributed by atoms with Crippen molar-refractivity contribution >= 4 is 17.4 Å². The highest BCUT2D eigenvalue weighted by Gasteiger charge is 2.26. The van der Waals surface area contributed by atoms with Crippen molar-refractivity contribution in [1.29, 1.82) is 5.26 Å². The molecule has 0 aliphatic carbocycles. The van der Waals surface area contributed by atoms with Crippen molar-refractivity contribution in [3.63, 3.8) is 0 Å². The zero-order valence-electron chi connectivity index (χ0n) is 14.3. The summed E-state index contributed by atoms with van der Waals surface area (Å²) in [4.78, 5) is 24.5. The van der Waals surface area contributed by atoms with Gasteiger partial charge in [-0.2, -0.15) is 5.26 Å². The van der Waals surface area contributed by atoms with Gasteiger partial charge in [0.25, 0.3) is 0 Å². The van der Waals surface area contributed by atoms with Gasteiger partial charge in [0, 0.05) is 12.1 Å². The van der Waals surface area contributed by atoms with E-state index in [1.807, 2.05) is 43.3 Å². The van der Waals surface area contributed by atoms with Crippen LogP contribution in [0.5, 0.6) is 5.75 Å². The van der Waals surface area contributed by atoms with Crippen molar-refractivity contribution in [3.8, 4) is 11.8 Å². The van der Waals surface area contributed by atoms with E-state index in [1.54, 1.807) is 25.3 Å². The summed E-state index contributed by atoms with van der Waals surface area (Å²) in [5.74, 6) is -1.54. The molecule has 1 atom stereocenters. The van der Waals surface area contributed by atoms with Gasteiger partial charge in [-0.3, -0.25) is 9.59 Å². The fraction of sp³-hybridized carbons (Fsp3) is 0.250. The van der Waals surface area contributed by atoms with E-state index in [0.717, 1.165) is 16.9 Å². The van der Waals surface area contributed by atoms with Crippen molar-refractivity contribution < 1.29 is 14.3 Å². The number of anilines is 1. The minimum absolute atomic E-state index is 0.131. The molecular formula is C20H20N2O3. The number of nitrogens with zero attached hydrogens (tertiary/aromatic N) is 1. The van der Waals surface area contributed by atoms with Gasteiger partial charge in [-0.1, -0.05) is 24.3 Å². The first kappa shape index (κ1) is 18.2. The van der Waals surface area contributed by atoms with E-state index < -0.39 is 11.8 Å². The molecule has 1 amide bonds. The molecule has 0 saturated carbocycles. The van der Waals surface area contributed by atoms with Gasteiger partial charge in [-0.25, -0.2) is 0 Å². The van der Waals surface area contributed by atoms with Gasteiger partial charge < -0.3 is 10.1 Å². The van der Waals surface area contributed by atoms with Crippen LogP contribution in [0.1, 0.15) is 17.5 Å². The van der Waals surface area contributed by atoms with Crippen LogP contribution in [0.25, 0.3) is 0 Å². The van der Waals surface area contributed by atoms with Gasteiger partial charge in [0.05, 0.1) is 13.2 Å². The number of methoxy groups -OCH3 is 1. The molecule has 1 unspecified atom stereocenters. The number of ether oxygens (including phenoxy) is 1. The van der Waals surface area contributed by atoms with E-state index in [4.69, 9.17) is 4.74 Å². The lowest BCUT2D eigenvalue weighted by molar-refractivity contribution is -0.128. The number of Topliss-reactive ketones (excluding diaryl/α,β-unsaturated/α-hetero) is 1. The van der Waals surface area contributed by atoms with Gasteiger partial charge in [-0.05, 0) is 48.7 Å². The third-order valence-corrected chi connectivity index (χ3v) is 3.82. The molecule has 25 heavy (non-hydrogen) atoms. The summed E-state index contributed by atoms with van der Waals surface area (Å²) in [6, 6.07) is 16.4. The number of aryl methyl sites for hydroxylation is 2. The largest absolute Gasteiger partial charge is 0.497 e. The number of rotatable bonds is 7. The maximum atomic E-state index is 12.3. The number of carbonyl (C=O) groups excluding carboxylic acids is 2. The maximum Gasteiger partial charge on any atom is 0.249 e. The van der Waals surface area contributed by atoms with E-state index in [0.29, 0.717) is 12.1 Å². The van der Waals surface area contributed by atoms with Crippen LogP contribution in [0.3, 0.4) is 0 Å². The monoisotopic (exact) mass is 336 g/mol. The summed E-state index contributed by atoms with van der Waals surface area (Å²) in [7, 11) is 1.59. The normalized spacial score (nSPS) is 11.2. The van der Waals surface area contributed by atoms with Gasteiger partial charge in [-0.15, -0.1) is 0 Å². The standard InChI is InChI=1S/C20H20N2O3/c1-14-4-3-5-16(12-14)22-20(24)18(13-21)19(23)11-8-15-6-9-17(25-2)10-7-15/h3-7,9-10,12,18H,8,11H2,1-2H3,(H,22,24). The topological polar surface area (TPSA) is 79.2 Å². The molecule has 2 aromatic rings.